The minimum atomic E-state index is -0.601. The van der Waals surface area contributed by atoms with Crippen molar-refractivity contribution in [1.29, 1.82) is 0 Å². The second-order valence-corrected chi connectivity index (χ2v) is 12.6. The van der Waals surface area contributed by atoms with Crippen LogP contribution < -0.4 is 15.0 Å². The molecule has 2 fully saturated rings. The van der Waals surface area contributed by atoms with E-state index in [0.29, 0.717) is 49.3 Å². The van der Waals surface area contributed by atoms with Crippen molar-refractivity contribution in [1.82, 2.24) is 25.2 Å². The number of aromatic hydroxyl groups is 1. The van der Waals surface area contributed by atoms with Gasteiger partial charge >= 0.3 is 12.1 Å². The van der Waals surface area contributed by atoms with Crippen LogP contribution in [0.1, 0.15) is 44.6 Å². The number of aryl methyl sites for hydroxylation is 1. The number of anilines is 1. The number of piperidine rings is 1. The summed E-state index contributed by atoms with van der Waals surface area (Å²) >= 11 is 0. The largest absolute Gasteiger partial charge is 0.508 e. The third-order valence-electron chi connectivity index (χ3n) is 9.25. The lowest BCUT2D eigenvalue weighted by Gasteiger charge is -2.41. The SMILES string of the molecule is CN1CCC[C@H]1COc1nc2c3cnc(c(F)c3n1)-c1cc(O)cc3cccc(c13)CCCOC(=O)N[C@]1(C)CCCN2C1. The van der Waals surface area contributed by atoms with Crippen molar-refractivity contribution in [2.45, 2.75) is 57.0 Å². The molecule has 4 aromatic rings. The minimum Gasteiger partial charge on any atom is -0.508 e. The molecule has 6 bridgehead atoms. The first-order chi connectivity index (χ1) is 21.3. The van der Waals surface area contributed by atoms with Gasteiger partial charge in [0.05, 0.1) is 17.5 Å². The van der Waals surface area contributed by atoms with E-state index < -0.39 is 17.4 Å². The molecule has 10 nitrogen and oxygen atoms in total. The summed E-state index contributed by atoms with van der Waals surface area (Å²) in [6.45, 7) is 4.73. The van der Waals surface area contributed by atoms with E-state index in [4.69, 9.17) is 14.5 Å². The van der Waals surface area contributed by atoms with Crippen molar-refractivity contribution in [3.8, 4) is 23.0 Å². The highest BCUT2D eigenvalue weighted by atomic mass is 19.1. The number of phenols is 1. The molecule has 2 N–H and O–H groups in total. The van der Waals surface area contributed by atoms with Gasteiger partial charge in [-0.15, -0.1) is 0 Å². The van der Waals surface area contributed by atoms with Crippen molar-refractivity contribution in [3.05, 3.63) is 47.9 Å². The predicted molar refractivity (Wildman–Crippen MR) is 166 cm³/mol. The number of fused-ring (bicyclic) bond motifs is 6. The smallest absolute Gasteiger partial charge is 0.407 e. The monoisotopic (exact) mass is 600 g/mol. The van der Waals surface area contributed by atoms with Gasteiger partial charge in [-0.2, -0.15) is 9.97 Å². The Morgan fingerprint density at radius 3 is 2.93 bits per heavy atom. The Bertz CT molecular complexity index is 1750. The number of nitrogens with zero attached hydrogens (tertiary/aromatic N) is 5. The summed E-state index contributed by atoms with van der Waals surface area (Å²) < 4.78 is 28.6. The van der Waals surface area contributed by atoms with Crippen LogP contribution in [0.15, 0.2) is 36.5 Å². The second kappa shape index (κ2) is 11.4. The molecule has 2 atom stereocenters. The summed E-state index contributed by atoms with van der Waals surface area (Å²) in [5, 5.41) is 15.7. The van der Waals surface area contributed by atoms with Crippen molar-refractivity contribution >= 4 is 33.6 Å². The van der Waals surface area contributed by atoms with Gasteiger partial charge in [0.2, 0.25) is 0 Å². The van der Waals surface area contributed by atoms with Gasteiger partial charge in [0.1, 0.15) is 29.4 Å². The maximum atomic E-state index is 16.8. The minimum absolute atomic E-state index is 0.0116. The fourth-order valence-electron chi connectivity index (χ4n) is 6.99. The predicted octanol–water partition coefficient (Wildman–Crippen LogP) is 5.19. The van der Waals surface area contributed by atoms with Crippen LogP contribution in [0.5, 0.6) is 11.8 Å². The molecule has 2 aromatic carbocycles. The third kappa shape index (κ3) is 5.34. The third-order valence-corrected chi connectivity index (χ3v) is 9.25. The van der Waals surface area contributed by atoms with E-state index in [0.717, 1.165) is 48.6 Å². The van der Waals surface area contributed by atoms with Crippen LogP contribution in [0, 0.1) is 5.82 Å². The van der Waals surface area contributed by atoms with Crippen molar-refractivity contribution in [2.75, 3.05) is 44.8 Å². The fourth-order valence-corrected chi connectivity index (χ4v) is 6.99. The number of carbonyl (C=O) groups excluding carboxylic acids is 1. The number of hydrogen-bond donors (Lipinski definition) is 2. The average molecular weight is 601 g/mol. The molecule has 8 rings (SSSR count). The summed E-state index contributed by atoms with van der Waals surface area (Å²) in [5.74, 6) is -0.0801. The summed E-state index contributed by atoms with van der Waals surface area (Å²) in [5.41, 5.74) is 1.03. The highest BCUT2D eigenvalue weighted by Crippen LogP contribution is 2.39. The van der Waals surface area contributed by atoms with E-state index in [1.165, 1.54) is 0 Å². The lowest BCUT2D eigenvalue weighted by molar-refractivity contribution is 0.130. The molecular weight excluding hydrogens is 563 g/mol. The first-order valence-corrected chi connectivity index (χ1v) is 15.4. The molecule has 0 unspecified atom stereocenters. The highest BCUT2D eigenvalue weighted by molar-refractivity contribution is 6.01. The quantitative estimate of drug-likeness (QED) is 0.328. The summed E-state index contributed by atoms with van der Waals surface area (Å²) in [6.07, 6.45) is 5.97. The Kier molecular flexibility index (Phi) is 7.36. The molecule has 4 aliphatic heterocycles. The highest BCUT2D eigenvalue weighted by Gasteiger charge is 2.35. The second-order valence-electron chi connectivity index (χ2n) is 12.6. The van der Waals surface area contributed by atoms with Crippen LogP contribution in [0.4, 0.5) is 15.0 Å². The summed E-state index contributed by atoms with van der Waals surface area (Å²) in [7, 11) is 2.07. The molecule has 44 heavy (non-hydrogen) atoms. The number of hydrogen-bond acceptors (Lipinski definition) is 9. The number of aromatic nitrogens is 3. The van der Waals surface area contributed by atoms with Crippen LogP contribution in [-0.4, -0.2) is 82.5 Å². The Labute approximate surface area is 255 Å². The molecule has 230 valence electrons. The number of carbonyl (C=O) groups is 1. The van der Waals surface area contributed by atoms with E-state index in [-0.39, 0.29) is 35.6 Å². The van der Waals surface area contributed by atoms with Crippen LogP contribution in [0.3, 0.4) is 0 Å². The number of likely N-dealkylation sites (tertiary alicyclic amines) is 1. The maximum absolute atomic E-state index is 16.8. The number of phenolic OH excluding ortho intramolecular Hbond substituents is 1. The van der Waals surface area contributed by atoms with E-state index in [1.54, 1.807) is 18.3 Å². The van der Waals surface area contributed by atoms with Gasteiger partial charge in [-0.3, -0.25) is 4.98 Å². The zero-order valence-corrected chi connectivity index (χ0v) is 25.1. The molecule has 0 radical (unpaired) electrons. The molecule has 4 aliphatic rings. The lowest BCUT2D eigenvalue weighted by Crippen LogP contribution is -2.57. The molecule has 0 spiro atoms. The Hall–Kier alpha value is -4.25. The summed E-state index contributed by atoms with van der Waals surface area (Å²) in [4.78, 5) is 31.3. The number of halogens is 1. The topological polar surface area (TPSA) is 113 Å². The molecule has 2 saturated heterocycles. The van der Waals surface area contributed by atoms with Crippen LogP contribution in [-0.2, 0) is 11.2 Å². The van der Waals surface area contributed by atoms with E-state index in [1.807, 2.05) is 30.0 Å². The van der Waals surface area contributed by atoms with Gasteiger partial charge < -0.3 is 29.7 Å². The van der Waals surface area contributed by atoms with Gasteiger partial charge in [0.15, 0.2) is 5.82 Å². The number of benzene rings is 2. The number of nitrogens with one attached hydrogen (secondary N) is 1. The molecule has 0 saturated carbocycles. The van der Waals surface area contributed by atoms with Crippen LogP contribution in [0.25, 0.3) is 32.9 Å². The Balaban J connectivity index is 1.42. The van der Waals surface area contributed by atoms with Crippen molar-refractivity contribution in [2.24, 2.45) is 0 Å². The molecule has 0 aliphatic carbocycles. The van der Waals surface area contributed by atoms with Gasteiger partial charge in [0.25, 0.3) is 0 Å². The molecule has 1 amide bonds. The number of pyridine rings is 1. The zero-order chi connectivity index (χ0) is 30.4. The van der Waals surface area contributed by atoms with E-state index >= 15 is 4.39 Å². The number of ether oxygens (including phenoxy) is 2. The number of amides is 1. The average Bonchev–Trinajstić information content (AvgIpc) is 3.41. The van der Waals surface area contributed by atoms with Crippen molar-refractivity contribution in [3.63, 3.8) is 0 Å². The van der Waals surface area contributed by atoms with Gasteiger partial charge in [0, 0.05) is 30.9 Å². The lowest BCUT2D eigenvalue weighted by atomic mass is 9.91. The maximum Gasteiger partial charge on any atom is 0.407 e. The van der Waals surface area contributed by atoms with Crippen LogP contribution >= 0.6 is 0 Å². The van der Waals surface area contributed by atoms with Gasteiger partial charge in [-0.1, -0.05) is 18.2 Å². The first kappa shape index (κ1) is 28.5. The van der Waals surface area contributed by atoms with E-state index in [9.17, 15) is 9.90 Å². The standard InChI is InChI=1S/C33H37FN6O4/c1-33-11-6-13-40(19-33)30-25-17-35-28(27(34)29(25)36-31(37-30)44-18-22-10-4-12-39(22)2)24-16-23(41)15-21-8-3-7-20(26(21)24)9-5-14-43-32(42)38-33/h3,7-8,15-17,22,41H,4-6,9-14,18-19H2,1-2H3,(H,38,42)/t22-,33+/m0/s1. The van der Waals surface area contributed by atoms with Gasteiger partial charge in [-0.25, -0.2) is 9.18 Å². The number of alkyl carbamates (subject to hydrolysis) is 1. The van der Waals surface area contributed by atoms with Crippen LogP contribution in [0.2, 0.25) is 0 Å². The molecular formula is C33H37FN6O4. The van der Waals surface area contributed by atoms with Gasteiger partial charge in [-0.05, 0) is 87.5 Å². The first-order valence-electron chi connectivity index (χ1n) is 15.4. The molecule has 11 heteroatoms. The molecule has 2 aromatic heterocycles. The normalized spacial score (nSPS) is 22.8. The Morgan fingerprint density at radius 2 is 2.09 bits per heavy atom. The van der Waals surface area contributed by atoms with E-state index in [2.05, 4.69) is 27.2 Å². The van der Waals surface area contributed by atoms with Crippen molar-refractivity contribution < 1.29 is 23.8 Å². The number of likely N-dealkylation sites (N-methyl/N-ethyl adjacent to an activating group) is 1. The Morgan fingerprint density at radius 1 is 1.20 bits per heavy atom. The molecule has 6 heterocycles. The zero-order valence-electron chi connectivity index (χ0n) is 25.1. The fraction of sp³-hybridized carbons (Fsp3) is 0.455. The summed E-state index contributed by atoms with van der Waals surface area (Å²) in [6, 6.07) is 9.30. The number of rotatable bonds is 3.